The van der Waals surface area contributed by atoms with Gasteiger partial charge in [0, 0.05) is 0 Å². The maximum atomic E-state index is 10.8. The van der Waals surface area contributed by atoms with Gasteiger partial charge in [-0.15, -0.1) is 0 Å². The summed E-state index contributed by atoms with van der Waals surface area (Å²) in [6.45, 7) is 18.4. The highest BCUT2D eigenvalue weighted by atomic mass is 28.3. The summed E-state index contributed by atoms with van der Waals surface area (Å²) in [5.74, 6) is 0.518. The van der Waals surface area contributed by atoms with E-state index in [0.717, 1.165) is 10.8 Å². The van der Waals surface area contributed by atoms with Crippen LogP contribution in [-0.2, 0) is 5.41 Å². The second-order valence-electron chi connectivity index (χ2n) is 8.93. The van der Waals surface area contributed by atoms with E-state index in [2.05, 4.69) is 83.3 Å². The molecule has 2 nitrogen and oxygen atoms in total. The minimum absolute atomic E-state index is 0.0259. The van der Waals surface area contributed by atoms with Crippen molar-refractivity contribution in [2.45, 2.75) is 58.9 Å². The molecule has 0 radical (unpaired) electrons. The number of aromatic hydroxyl groups is 1. The zero-order chi connectivity index (χ0) is 16.6. The first-order chi connectivity index (χ1) is 9.27. The third kappa shape index (κ3) is 4.44. The van der Waals surface area contributed by atoms with Gasteiger partial charge < -0.3 is 9.67 Å². The summed E-state index contributed by atoms with van der Waals surface area (Å²) in [6.07, 6.45) is 1.17. The molecule has 0 amide bonds. The largest absolute Gasteiger partial charge is 0.508 e. The molecule has 4 heteroatoms. The van der Waals surface area contributed by atoms with E-state index in [1.165, 1.54) is 6.17 Å². The van der Waals surface area contributed by atoms with Crippen molar-refractivity contribution < 1.29 is 5.11 Å². The highest BCUT2D eigenvalue weighted by Gasteiger charge is 2.35. The lowest BCUT2D eigenvalue weighted by Crippen LogP contribution is -2.59. The predicted octanol–water partition coefficient (Wildman–Crippen LogP) is 3.91. The maximum Gasteiger partial charge on any atom is 0.158 e. The Balaban J connectivity index is 3.26. The number of phenols is 1. The summed E-state index contributed by atoms with van der Waals surface area (Å²) >= 11 is 0. The van der Waals surface area contributed by atoms with E-state index in [1.54, 1.807) is 0 Å². The summed E-state index contributed by atoms with van der Waals surface area (Å²) < 4.78 is 2.53. The monoisotopic (exact) mass is 323 g/mol. The standard InChI is InChI=1S/C17H33NOSi2/c1-17(2,3)14-11-10-12-15(16(14)19)21(8,9)18(4)13-20(5,6)7/h10-12,19H,13H2,1-9H3. The Labute approximate surface area is 133 Å². The highest BCUT2D eigenvalue weighted by Crippen LogP contribution is 2.31. The Bertz CT molecular complexity index is 498. The molecular weight excluding hydrogens is 290 g/mol. The SMILES string of the molecule is CN(C[Si](C)(C)C)[Si](C)(C)c1cccc(C(C)(C)C)c1O. The van der Waals surface area contributed by atoms with Gasteiger partial charge in [0.1, 0.15) is 5.75 Å². The first kappa shape index (κ1) is 18.5. The van der Waals surface area contributed by atoms with E-state index in [4.69, 9.17) is 0 Å². The minimum atomic E-state index is -1.83. The van der Waals surface area contributed by atoms with Crippen molar-refractivity contribution in [3.05, 3.63) is 23.8 Å². The zero-order valence-corrected chi connectivity index (χ0v) is 17.3. The Hall–Kier alpha value is -0.586. The number of hydrogen-bond donors (Lipinski definition) is 1. The third-order valence-corrected chi connectivity index (χ3v) is 9.70. The molecule has 0 saturated carbocycles. The first-order valence-corrected chi connectivity index (χ1v) is 14.5. The molecular formula is C17H33NOSi2. The fourth-order valence-electron chi connectivity index (χ4n) is 2.76. The molecule has 0 atom stereocenters. The van der Waals surface area contributed by atoms with Gasteiger partial charge in [-0.25, -0.2) is 0 Å². The lowest BCUT2D eigenvalue weighted by molar-refractivity contribution is 0.449. The molecule has 0 bridgehead atoms. The molecule has 0 unspecified atom stereocenters. The molecule has 0 aliphatic rings. The van der Waals surface area contributed by atoms with Crippen LogP contribution in [0, 0.1) is 0 Å². The van der Waals surface area contributed by atoms with Crippen molar-refractivity contribution in [3.63, 3.8) is 0 Å². The molecule has 0 aromatic heterocycles. The zero-order valence-electron chi connectivity index (χ0n) is 15.3. The van der Waals surface area contributed by atoms with Crippen LogP contribution in [0.5, 0.6) is 5.75 Å². The van der Waals surface area contributed by atoms with Crippen molar-refractivity contribution >= 4 is 21.5 Å². The Kier molecular flexibility index (Phi) is 5.18. The van der Waals surface area contributed by atoms with Gasteiger partial charge in [-0.2, -0.15) is 0 Å². The number of benzene rings is 1. The molecule has 0 fully saturated rings. The van der Waals surface area contributed by atoms with Gasteiger partial charge in [0.25, 0.3) is 0 Å². The highest BCUT2D eigenvalue weighted by molar-refractivity contribution is 6.89. The molecule has 1 N–H and O–H groups in total. The fourth-order valence-corrected chi connectivity index (χ4v) is 8.81. The van der Waals surface area contributed by atoms with Crippen molar-refractivity contribution in [1.29, 1.82) is 0 Å². The molecule has 1 aromatic carbocycles. The molecule has 0 aliphatic carbocycles. The lowest BCUT2D eigenvalue weighted by Gasteiger charge is -2.38. The third-order valence-electron chi connectivity index (χ3n) is 4.17. The van der Waals surface area contributed by atoms with Crippen LogP contribution < -0.4 is 5.19 Å². The van der Waals surface area contributed by atoms with E-state index in [0.29, 0.717) is 5.75 Å². The molecule has 120 valence electrons. The van der Waals surface area contributed by atoms with Gasteiger partial charge in [-0.3, -0.25) is 0 Å². The average molecular weight is 324 g/mol. The van der Waals surface area contributed by atoms with Crippen LogP contribution in [-0.4, -0.2) is 39.2 Å². The van der Waals surface area contributed by atoms with E-state index in [9.17, 15) is 5.11 Å². The van der Waals surface area contributed by atoms with Crippen LogP contribution in [0.15, 0.2) is 18.2 Å². The predicted molar refractivity (Wildman–Crippen MR) is 99.9 cm³/mol. The topological polar surface area (TPSA) is 23.5 Å². The summed E-state index contributed by atoms with van der Waals surface area (Å²) in [5.41, 5.74) is 1.03. The van der Waals surface area contributed by atoms with Crippen LogP contribution in [0.1, 0.15) is 26.3 Å². The van der Waals surface area contributed by atoms with Gasteiger partial charge in [-0.05, 0) is 29.4 Å². The Morgan fingerprint density at radius 1 is 1.05 bits per heavy atom. The van der Waals surface area contributed by atoms with Crippen LogP contribution in [0.25, 0.3) is 0 Å². The molecule has 0 heterocycles. The summed E-state index contributed by atoms with van der Waals surface area (Å²) in [6, 6.07) is 6.28. The molecule has 0 spiro atoms. The van der Waals surface area contributed by atoms with Gasteiger partial charge in [-0.1, -0.05) is 71.7 Å². The quantitative estimate of drug-likeness (QED) is 0.849. The molecule has 1 rings (SSSR count). The molecule has 21 heavy (non-hydrogen) atoms. The summed E-state index contributed by atoms with van der Waals surface area (Å²) in [5, 5.41) is 12.0. The van der Waals surface area contributed by atoms with E-state index < -0.39 is 16.3 Å². The van der Waals surface area contributed by atoms with Gasteiger partial charge in [0.05, 0.1) is 8.07 Å². The summed E-state index contributed by atoms with van der Waals surface area (Å²) in [7, 11) is -0.751. The van der Waals surface area contributed by atoms with Crippen molar-refractivity contribution in [2.75, 3.05) is 13.2 Å². The maximum absolute atomic E-state index is 10.8. The number of hydrogen-bond acceptors (Lipinski definition) is 2. The fraction of sp³-hybridized carbons (Fsp3) is 0.647. The van der Waals surface area contributed by atoms with Crippen LogP contribution >= 0.6 is 0 Å². The summed E-state index contributed by atoms with van der Waals surface area (Å²) in [4.78, 5) is 0. The molecule has 1 aromatic rings. The van der Waals surface area contributed by atoms with Crippen molar-refractivity contribution in [3.8, 4) is 5.75 Å². The molecule has 0 aliphatic heterocycles. The van der Waals surface area contributed by atoms with Crippen molar-refractivity contribution in [2.24, 2.45) is 0 Å². The van der Waals surface area contributed by atoms with E-state index in [1.807, 2.05) is 0 Å². The second kappa shape index (κ2) is 5.90. The number of rotatable bonds is 4. The average Bonchev–Trinajstić information content (AvgIpc) is 2.24. The number of nitrogens with zero attached hydrogens (tertiary/aromatic N) is 1. The van der Waals surface area contributed by atoms with Gasteiger partial charge >= 0.3 is 0 Å². The minimum Gasteiger partial charge on any atom is -0.508 e. The Morgan fingerprint density at radius 3 is 2.00 bits per heavy atom. The second-order valence-corrected chi connectivity index (χ2v) is 18.8. The van der Waals surface area contributed by atoms with Gasteiger partial charge in [0.15, 0.2) is 8.24 Å². The van der Waals surface area contributed by atoms with Crippen LogP contribution in [0.3, 0.4) is 0 Å². The van der Waals surface area contributed by atoms with E-state index in [-0.39, 0.29) is 5.41 Å². The first-order valence-electron chi connectivity index (χ1n) is 7.81. The smallest absolute Gasteiger partial charge is 0.158 e. The van der Waals surface area contributed by atoms with Crippen LogP contribution in [0.4, 0.5) is 0 Å². The lowest BCUT2D eigenvalue weighted by atomic mass is 9.86. The van der Waals surface area contributed by atoms with Gasteiger partial charge in [0.2, 0.25) is 0 Å². The number of para-hydroxylation sites is 1. The number of phenolic OH excluding ortho intramolecular Hbond substituents is 1. The van der Waals surface area contributed by atoms with Crippen molar-refractivity contribution in [1.82, 2.24) is 4.57 Å². The normalized spacial score (nSPS) is 13.8. The van der Waals surface area contributed by atoms with E-state index >= 15 is 0 Å². The van der Waals surface area contributed by atoms with Crippen LogP contribution in [0.2, 0.25) is 32.7 Å². The Morgan fingerprint density at radius 2 is 1.57 bits per heavy atom. The molecule has 0 saturated heterocycles.